The number of carbonyl (C=O) groups excluding carboxylic acids is 1. The maximum atomic E-state index is 11.1. The zero-order valence-electron chi connectivity index (χ0n) is 7.23. The lowest BCUT2D eigenvalue weighted by molar-refractivity contribution is -0.137. The molecule has 1 amide bonds. The largest absolute Gasteiger partial charge is 0.481 e. The van der Waals surface area contributed by atoms with Gasteiger partial charge in [-0.1, -0.05) is 0 Å². The van der Waals surface area contributed by atoms with Gasteiger partial charge in [-0.3, -0.25) is 9.59 Å². The van der Waals surface area contributed by atoms with Gasteiger partial charge in [-0.15, -0.1) is 0 Å². The predicted molar refractivity (Wildman–Crippen MR) is 47.0 cm³/mol. The number of aliphatic imine (C=N–C) groups is 2. The van der Waals surface area contributed by atoms with E-state index in [2.05, 4.69) is 9.98 Å². The first-order valence-corrected chi connectivity index (χ1v) is 3.93. The Morgan fingerprint density at radius 3 is 2.92 bits per heavy atom. The van der Waals surface area contributed by atoms with Crippen LogP contribution in [0.25, 0.3) is 0 Å². The van der Waals surface area contributed by atoms with Gasteiger partial charge in [-0.25, -0.2) is 9.98 Å². The van der Waals surface area contributed by atoms with Crippen LogP contribution in [0.1, 0.15) is 19.8 Å². The standard InChI is InChI=1S/C8H10N2O3/c1-5-6(2-3-7(11)12)8(13)10-4-9-5/h4,6H,2-3H2,1H3,(H,11,12). The fourth-order valence-corrected chi connectivity index (χ4v) is 1.14. The second-order valence-electron chi connectivity index (χ2n) is 2.84. The molecule has 1 atom stereocenters. The van der Waals surface area contributed by atoms with Crippen LogP contribution in [0.4, 0.5) is 0 Å². The number of carboxylic acid groups (broad SMARTS) is 1. The van der Waals surface area contributed by atoms with Crippen molar-refractivity contribution in [3.63, 3.8) is 0 Å². The molecule has 0 spiro atoms. The van der Waals surface area contributed by atoms with E-state index in [1.165, 1.54) is 6.34 Å². The molecule has 0 bridgehead atoms. The van der Waals surface area contributed by atoms with Crippen molar-refractivity contribution < 1.29 is 14.7 Å². The van der Waals surface area contributed by atoms with Crippen molar-refractivity contribution in [2.75, 3.05) is 0 Å². The fourth-order valence-electron chi connectivity index (χ4n) is 1.14. The van der Waals surface area contributed by atoms with Crippen LogP contribution in [0.5, 0.6) is 0 Å². The van der Waals surface area contributed by atoms with Crippen molar-refractivity contribution in [3.05, 3.63) is 0 Å². The third-order valence-corrected chi connectivity index (χ3v) is 1.90. The molecule has 0 aromatic carbocycles. The van der Waals surface area contributed by atoms with Crippen LogP contribution >= 0.6 is 0 Å². The van der Waals surface area contributed by atoms with Crippen LogP contribution in [0.3, 0.4) is 0 Å². The fraction of sp³-hybridized carbons (Fsp3) is 0.500. The second kappa shape index (κ2) is 3.93. The van der Waals surface area contributed by atoms with Crippen molar-refractivity contribution in [3.8, 4) is 0 Å². The summed E-state index contributed by atoms with van der Waals surface area (Å²) in [4.78, 5) is 28.8. The van der Waals surface area contributed by atoms with Gasteiger partial charge in [-0.05, 0) is 13.3 Å². The van der Waals surface area contributed by atoms with Gasteiger partial charge in [0.05, 0.1) is 5.92 Å². The van der Waals surface area contributed by atoms with E-state index in [-0.39, 0.29) is 18.7 Å². The van der Waals surface area contributed by atoms with Crippen LogP contribution < -0.4 is 0 Å². The third kappa shape index (κ3) is 2.47. The molecule has 1 N–H and O–H groups in total. The molecule has 1 aliphatic rings. The van der Waals surface area contributed by atoms with Gasteiger partial charge < -0.3 is 5.11 Å². The van der Waals surface area contributed by atoms with Gasteiger partial charge >= 0.3 is 5.97 Å². The first-order valence-electron chi connectivity index (χ1n) is 3.93. The number of carbonyl (C=O) groups is 2. The van der Waals surface area contributed by atoms with E-state index < -0.39 is 11.9 Å². The van der Waals surface area contributed by atoms with Crippen LogP contribution in [-0.4, -0.2) is 29.0 Å². The molecule has 13 heavy (non-hydrogen) atoms. The molecule has 0 radical (unpaired) electrons. The highest BCUT2D eigenvalue weighted by Crippen LogP contribution is 2.13. The summed E-state index contributed by atoms with van der Waals surface area (Å²) in [5.74, 6) is -1.65. The van der Waals surface area contributed by atoms with Crippen molar-refractivity contribution in [1.29, 1.82) is 0 Å². The number of hydrogen-bond acceptors (Lipinski definition) is 3. The quantitative estimate of drug-likeness (QED) is 0.690. The highest BCUT2D eigenvalue weighted by molar-refractivity contribution is 6.10. The Balaban J connectivity index is 2.58. The van der Waals surface area contributed by atoms with Gasteiger partial charge in [0.1, 0.15) is 6.34 Å². The van der Waals surface area contributed by atoms with Crippen molar-refractivity contribution in [2.24, 2.45) is 15.9 Å². The minimum Gasteiger partial charge on any atom is -0.481 e. The van der Waals surface area contributed by atoms with Crippen LogP contribution in [0.2, 0.25) is 0 Å². The summed E-state index contributed by atoms with van der Waals surface area (Å²) >= 11 is 0. The number of amides is 1. The normalized spacial score (nSPS) is 21.5. The SMILES string of the molecule is CC1=NC=NC(=O)C1CCC(=O)O. The first-order chi connectivity index (χ1) is 6.11. The number of rotatable bonds is 3. The van der Waals surface area contributed by atoms with E-state index in [1.807, 2.05) is 0 Å². The summed E-state index contributed by atoms with van der Waals surface area (Å²) in [6.07, 6.45) is 1.45. The first kappa shape index (κ1) is 9.57. The van der Waals surface area contributed by atoms with E-state index in [4.69, 9.17) is 5.11 Å². The predicted octanol–water partition coefficient (Wildman–Crippen LogP) is 0.497. The molecular formula is C8H10N2O3. The number of aliphatic carboxylic acids is 1. The van der Waals surface area contributed by atoms with E-state index >= 15 is 0 Å². The van der Waals surface area contributed by atoms with Gasteiger partial charge in [0.25, 0.3) is 5.91 Å². The Hall–Kier alpha value is -1.52. The maximum Gasteiger partial charge on any atom is 0.303 e. The summed E-state index contributed by atoms with van der Waals surface area (Å²) in [5, 5.41) is 8.43. The molecule has 5 nitrogen and oxygen atoms in total. The smallest absolute Gasteiger partial charge is 0.303 e. The summed E-state index contributed by atoms with van der Waals surface area (Å²) in [6, 6.07) is 0. The molecule has 0 aromatic heterocycles. The minimum atomic E-state index is -0.907. The molecule has 1 aliphatic heterocycles. The van der Waals surface area contributed by atoms with E-state index in [0.29, 0.717) is 5.71 Å². The van der Waals surface area contributed by atoms with Crippen LogP contribution in [0, 0.1) is 5.92 Å². The van der Waals surface area contributed by atoms with E-state index in [1.54, 1.807) is 6.92 Å². The molecule has 0 aliphatic carbocycles. The number of hydrogen-bond donors (Lipinski definition) is 1. The highest BCUT2D eigenvalue weighted by Gasteiger charge is 2.23. The molecule has 70 valence electrons. The lowest BCUT2D eigenvalue weighted by Gasteiger charge is -2.13. The summed E-state index contributed by atoms with van der Waals surface area (Å²) in [6.45, 7) is 1.70. The van der Waals surface area contributed by atoms with Gasteiger partial charge in [0.2, 0.25) is 0 Å². The highest BCUT2D eigenvalue weighted by atomic mass is 16.4. The van der Waals surface area contributed by atoms with Crippen molar-refractivity contribution >= 4 is 23.9 Å². The zero-order chi connectivity index (χ0) is 9.84. The molecular weight excluding hydrogens is 172 g/mol. The molecule has 1 rings (SSSR count). The molecule has 5 heteroatoms. The van der Waals surface area contributed by atoms with Crippen LogP contribution in [-0.2, 0) is 9.59 Å². The van der Waals surface area contributed by atoms with Gasteiger partial charge in [0.15, 0.2) is 0 Å². The van der Waals surface area contributed by atoms with E-state index in [9.17, 15) is 9.59 Å². The topological polar surface area (TPSA) is 79.1 Å². The van der Waals surface area contributed by atoms with Crippen LogP contribution in [0.15, 0.2) is 9.98 Å². The Bertz CT molecular complexity index is 294. The molecule has 0 aromatic rings. The second-order valence-corrected chi connectivity index (χ2v) is 2.84. The molecule has 1 unspecified atom stereocenters. The maximum absolute atomic E-state index is 11.1. The zero-order valence-corrected chi connectivity index (χ0v) is 7.23. The number of nitrogens with zero attached hydrogens (tertiary/aromatic N) is 2. The molecule has 0 fully saturated rings. The Morgan fingerprint density at radius 1 is 1.69 bits per heavy atom. The average molecular weight is 182 g/mol. The monoisotopic (exact) mass is 182 g/mol. The Kier molecular flexibility index (Phi) is 2.89. The minimum absolute atomic E-state index is 0.0290. The van der Waals surface area contributed by atoms with Gasteiger partial charge in [0, 0.05) is 12.1 Å². The van der Waals surface area contributed by atoms with Gasteiger partial charge in [-0.2, -0.15) is 0 Å². The third-order valence-electron chi connectivity index (χ3n) is 1.90. The average Bonchev–Trinajstić information content (AvgIpc) is 2.03. The molecule has 1 heterocycles. The van der Waals surface area contributed by atoms with Crippen molar-refractivity contribution in [2.45, 2.75) is 19.8 Å². The lowest BCUT2D eigenvalue weighted by atomic mass is 9.97. The van der Waals surface area contributed by atoms with Crippen molar-refractivity contribution in [1.82, 2.24) is 0 Å². The summed E-state index contributed by atoms with van der Waals surface area (Å²) < 4.78 is 0. The summed E-state index contributed by atoms with van der Waals surface area (Å²) in [7, 11) is 0. The Morgan fingerprint density at radius 2 is 2.38 bits per heavy atom. The lowest BCUT2D eigenvalue weighted by Crippen LogP contribution is -2.24. The Labute approximate surface area is 75.2 Å². The summed E-state index contributed by atoms with van der Waals surface area (Å²) in [5.41, 5.74) is 0.640. The molecule has 0 saturated heterocycles. The van der Waals surface area contributed by atoms with E-state index in [0.717, 1.165) is 0 Å². The molecule has 0 saturated carbocycles. The number of carboxylic acids is 1.